The number of nitrogen functional groups attached to an aromatic ring is 1. The number of rotatable bonds is 3. The lowest BCUT2D eigenvalue weighted by Gasteiger charge is -2.20. The lowest BCUT2D eigenvalue weighted by Crippen LogP contribution is -2.40. The number of benzene rings is 2. The molecule has 0 heterocycles. The molecule has 0 saturated heterocycles. The number of hydrogen-bond donors (Lipinski definition) is 3. The fraction of sp³-hybridized carbons (Fsp3) is 0. The molecule has 0 radical (unpaired) electrons. The number of nitrogens with two attached hydrogens (primary N) is 2. The van der Waals surface area contributed by atoms with E-state index in [0.29, 0.717) is 9.99 Å². The number of sulfonamides is 1. The number of amides is 2. The summed E-state index contributed by atoms with van der Waals surface area (Å²) in [6, 6.07) is 9.37. The minimum absolute atomic E-state index is 0.0562. The van der Waals surface area contributed by atoms with Gasteiger partial charge in [0.15, 0.2) is 0 Å². The molecule has 21 heavy (non-hydrogen) atoms. The SMILES string of the molecule is NC(=O)N(c1cccc(O)c1)S(=O)(=O)c1ccc(N)cc1. The number of primary amides is 1. The third kappa shape index (κ3) is 2.90. The number of anilines is 2. The van der Waals surface area contributed by atoms with E-state index in [4.69, 9.17) is 11.5 Å². The van der Waals surface area contributed by atoms with Gasteiger partial charge < -0.3 is 16.6 Å². The lowest BCUT2D eigenvalue weighted by atomic mass is 10.3. The maximum atomic E-state index is 12.5. The number of carbonyl (C=O) groups excluding carboxylic acids is 1. The molecule has 110 valence electrons. The van der Waals surface area contributed by atoms with Crippen molar-refractivity contribution in [1.29, 1.82) is 0 Å². The maximum absolute atomic E-state index is 12.5. The molecule has 2 aromatic carbocycles. The van der Waals surface area contributed by atoms with Crippen LogP contribution in [-0.4, -0.2) is 19.6 Å². The van der Waals surface area contributed by atoms with E-state index in [1.165, 1.54) is 42.5 Å². The first-order valence-electron chi connectivity index (χ1n) is 5.82. The average Bonchev–Trinajstić information content (AvgIpc) is 2.38. The van der Waals surface area contributed by atoms with Gasteiger partial charge in [0.05, 0.1) is 10.6 Å². The molecule has 0 aromatic heterocycles. The molecule has 0 aliphatic rings. The zero-order chi connectivity index (χ0) is 15.6. The summed E-state index contributed by atoms with van der Waals surface area (Å²) in [4.78, 5) is 11.4. The Hall–Kier alpha value is -2.74. The highest BCUT2D eigenvalue weighted by molar-refractivity contribution is 7.93. The summed E-state index contributed by atoms with van der Waals surface area (Å²) in [5, 5.41) is 9.43. The summed E-state index contributed by atoms with van der Waals surface area (Å²) in [6.07, 6.45) is 0. The van der Waals surface area contributed by atoms with Crippen LogP contribution < -0.4 is 15.8 Å². The van der Waals surface area contributed by atoms with Gasteiger partial charge in [-0.2, -0.15) is 4.31 Å². The Morgan fingerprint density at radius 2 is 1.71 bits per heavy atom. The molecule has 2 rings (SSSR count). The molecule has 0 atom stereocenters. The van der Waals surface area contributed by atoms with Gasteiger partial charge in [-0.25, -0.2) is 13.2 Å². The molecule has 0 unspecified atom stereocenters. The van der Waals surface area contributed by atoms with Crippen LogP contribution >= 0.6 is 0 Å². The van der Waals surface area contributed by atoms with Crippen LogP contribution in [0.2, 0.25) is 0 Å². The number of phenols is 1. The van der Waals surface area contributed by atoms with E-state index in [2.05, 4.69) is 0 Å². The van der Waals surface area contributed by atoms with Crippen LogP contribution in [0, 0.1) is 0 Å². The van der Waals surface area contributed by atoms with Gasteiger partial charge in [-0.15, -0.1) is 0 Å². The minimum atomic E-state index is -4.19. The third-order valence-electron chi connectivity index (χ3n) is 2.68. The van der Waals surface area contributed by atoms with Crippen LogP contribution in [0.1, 0.15) is 0 Å². The summed E-state index contributed by atoms with van der Waals surface area (Å²) >= 11 is 0. The third-order valence-corrected chi connectivity index (χ3v) is 4.42. The summed E-state index contributed by atoms with van der Waals surface area (Å²) in [5.41, 5.74) is 11.0. The molecule has 0 fully saturated rings. The molecule has 0 saturated carbocycles. The Bertz CT molecular complexity index is 772. The first-order valence-corrected chi connectivity index (χ1v) is 7.26. The molecule has 0 aliphatic heterocycles. The van der Waals surface area contributed by atoms with E-state index >= 15 is 0 Å². The molecule has 8 heteroatoms. The minimum Gasteiger partial charge on any atom is -0.508 e. The molecule has 0 spiro atoms. The number of nitrogens with zero attached hydrogens (tertiary/aromatic N) is 1. The Morgan fingerprint density at radius 1 is 1.10 bits per heavy atom. The monoisotopic (exact) mass is 307 g/mol. The fourth-order valence-corrected chi connectivity index (χ4v) is 3.07. The number of aromatic hydroxyl groups is 1. The molecule has 0 bridgehead atoms. The summed E-state index contributed by atoms with van der Waals surface area (Å²) in [7, 11) is -4.19. The van der Waals surface area contributed by atoms with E-state index in [-0.39, 0.29) is 16.3 Å². The maximum Gasteiger partial charge on any atom is 0.333 e. The second-order valence-corrected chi connectivity index (χ2v) is 5.98. The topological polar surface area (TPSA) is 127 Å². The zero-order valence-electron chi connectivity index (χ0n) is 10.8. The standard InChI is InChI=1S/C13H13N3O4S/c14-9-4-6-12(7-5-9)21(19,20)16(13(15)18)10-2-1-3-11(17)8-10/h1-8,17H,14H2,(H2,15,18). The van der Waals surface area contributed by atoms with Gasteiger partial charge >= 0.3 is 6.03 Å². The van der Waals surface area contributed by atoms with Crippen LogP contribution in [0.4, 0.5) is 16.2 Å². The second kappa shape index (κ2) is 5.33. The van der Waals surface area contributed by atoms with Gasteiger partial charge in [-0.05, 0) is 36.4 Å². The Labute approximate surface area is 121 Å². The molecule has 2 aromatic rings. The zero-order valence-corrected chi connectivity index (χ0v) is 11.6. The molecular weight excluding hydrogens is 294 g/mol. The first-order chi connectivity index (χ1) is 9.82. The Kier molecular flexibility index (Phi) is 3.72. The van der Waals surface area contributed by atoms with Crippen molar-refractivity contribution < 1.29 is 18.3 Å². The van der Waals surface area contributed by atoms with Crippen LogP contribution in [0.5, 0.6) is 5.75 Å². The number of phenolic OH excluding ortho intramolecular Hbond substituents is 1. The number of carbonyl (C=O) groups is 1. The van der Waals surface area contributed by atoms with E-state index in [9.17, 15) is 18.3 Å². The molecule has 2 amide bonds. The van der Waals surface area contributed by atoms with Gasteiger partial charge in [0.2, 0.25) is 0 Å². The largest absolute Gasteiger partial charge is 0.508 e. The van der Waals surface area contributed by atoms with E-state index in [1.54, 1.807) is 0 Å². The highest BCUT2D eigenvalue weighted by Crippen LogP contribution is 2.26. The average molecular weight is 307 g/mol. The Balaban J connectivity index is 2.57. The van der Waals surface area contributed by atoms with Crippen LogP contribution in [0.3, 0.4) is 0 Å². The van der Waals surface area contributed by atoms with Crippen LogP contribution in [0.25, 0.3) is 0 Å². The van der Waals surface area contributed by atoms with Crippen molar-refractivity contribution in [2.24, 2.45) is 5.73 Å². The summed E-state index contributed by atoms with van der Waals surface area (Å²) in [5.74, 6) is -0.189. The first kappa shape index (κ1) is 14.7. The quantitative estimate of drug-likeness (QED) is 0.735. The van der Waals surface area contributed by atoms with Crippen molar-refractivity contribution in [1.82, 2.24) is 0 Å². The smallest absolute Gasteiger partial charge is 0.333 e. The van der Waals surface area contributed by atoms with Gasteiger partial charge in [0.25, 0.3) is 10.0 Å². The summed E-state index contributed by atoms with van der Waals surface area (Å²) < 4.78 is 25.4. The van der Waals surface area contributed by atoms with Crippen LogP contribution in [-0.2, 0) is 10.0 Å². The molecule has 0 aliphatic carbocycles. The Morgan fingerprint density at radius 3 is 2.24 bits per heavy atom. The fourth-order valence-electron chi connectivity index (χ4n) is 1.75. The van der Waals surface area contributed by atoms with Gasteiger partial charge in [0.1, 0.15) is 5.75 Å². The van der Waals surface area contributed by atoms with E-state index < -0.39 is 16.1 Å². The predicted molar refractivity (Wildman–Crippen MR) is 78.2 cm³/mol. The summed E-state index contributed by atoms with van der Waals surface area (Å²) in [6.45, 7) is 0. The molecule has 5 N–H and O–H groups in total. The van der Waals surface area contributed by atoms with Crippen molar-refractivity contribution in [2.75, 3.05) is 10.0 Å². The van der Waals surface area contributed by atoms with Gasteiger partial charge in [-0.3, -0.25) is 0 Å². The number of urea groups is 1. The highest BCUT2D eigenvalue weighted by atomic mass is 32.2. The highest BCUT2D eigenvalue weighted by Gasteiger charge is 2.29. The second-order valence-electron chi connectivity index (χ2n) is 4.20. The van der Waals surface area contributed by atoms with E-state index in [0.717, 1.165) is 6.07 Å². The van der Waals surface area contributed by atoms with Gasteiger partial charge in [0, 0.05) is 11.8 Å². The van der Waals surface area contributed by atoms with Crippen molar-refractivity contribution in [3.8, 4) is 5.75 Å². The lowest BCUT2D eigenvalue weighted by molar-refractivity contribution is 0.257. The van der Waals surface area contributed by atoms with Crippen molar-refractivity contribution in [3.63, 3.8) is 0 Å². The number of hydrogen-bond acceptors (Lipinski definition) is 5. The normalized spacial score (nSPS) is 11.0. The van der Waals surface area contributed by atoms with Crippen LogP contribution in [0.15, 0.2) is 53.4 Å². The van der Waals surface area contributed by atoms with Gasteiger partial charge in [-0.1, -0.05) is 6.07 Å². The molecular formula is C13H13N3O4S. The molecule has 7 nitrogen and oxygen atoms in total. The van der Waals surface area contributed by atoms with Crippen molar-refractivity contribution >= 4 is 27.4 Å². The van der Waals surface area contributed by atoms with E-state index in [1.807, 2.05) is 0 Å². The van der Waals surface area contributed by atoms with Crippen molar-refractivity contribution in [3.05, 3.63) is 48.5 Å². The van der Waals surface area contributed by atoms with Crippen molar-refractivity contribution in [2.45, 2.75) is 4.90 Å². The predicted octanol–water partition coefficient (Wildman–Crippen LogP) is 1.25.